The molecule has 7 fully saturated rings. The second kappa shape index (κ2) is 22.6. The topological polar surface area (TPSA) is 388 Å². The molecule has 0 amide bonds. The molecule has 3 aliphatic heterocycles. The van der Waals surface area contributed by atoms with E-state index >= 15 is 0 Å². The predicted octanol–water partition coefficient (Wildman–Crippen LogP) is -1.32. The van der Waals surface area contributed by atoms with Gasteiger partial charge in [0, 0.05) is 23.3 Å². The van der Waals surface area contributed by atoms with Crippen LogP contribution in [0.3, 0.4) is 0 Å². The Labute approximate surface area is 459 Å². The molecule has 27 atom stereocenters. The molecule has 4 saturated carbocycles. The van der Waals surface area contributed by atoms with Crippen LogP contribution in [0.4, 0.5) is 0 Å². The van der Waals surface area contributed by atoms with Crippen LogP contribution in [0.2, 0.25) is 0 Å². The van der Waals surface area contributed by atoms with Crippen molar-refractivity contribution in [3.05, 3.63) is 23.3 Å². The molecule has 24 nitrogen and oxygen atoms in total. The fourth-order valence-electron chi connectivity index (χ4n) is 16.2. The van der Waals surface area contributed by atoms with Gasteiger partial charge in [-0.3, -0.25) is 4.79 Å². The number of carbonyl (C=O) groups is 3. The number of aliphatic hydroxyl groups excluding tert-OH is 12. The lowest BCUT2D eigenvalue weighted by Crippen LogP contribution is -2.72. The third-order valence-corrected chi connectivity index (χ3v) is 21.1. The zero-order valence-electron chi connectivity index (χ0n) is 46.4. The number of hydrogen-bond acceptors (Lipinski definition) is 23. The molecular formula is C55H86O24. The Morgan fingerprint density at radius 3 is 1.76 bits per heavy atom. The number of carbonyl (C=O) groups excluding carboxylic acids is 2. The van der Waals surface area contributed by atoms with Gasteiger partial charge in [0.15, 0.2) is 25.0 Å². The summed E-state index contributed by atoms with van der Waals surface area (Å²) >= 11 is 0. The van der Waals surface area contributed by atoms with Gasteiger partial charge in [-0.25, -0.2) is 9.59 Å². The Bertz CT molecular complexity index is 2290. The number of allylic oxidation sites excluding steroid dienone is 3. The van der Waals surface area contributed by atoms with Gasteiger partial charge in [-0.15, -0.1) is 0 Å². The molecule has 0 aromatic rings. The summed E-state index contributed by atoms with van der Waals surface area (Å²) in [5, 5.41) is 143. The van der Waals surface area contributed by atoms with Crippen molar-refractivity contribution >= 4 is 17.9 Å². The number of ether oxygens (including phenoxy) is 8. The minimum Gasteiger partial charge on any atom is -0.479 e. The summed E-state index contributed by atoms with van der Waals surface area (Å²) in [5.74, 6) is -3.88. The number of carboxylic acid groups (broad SMARTS) is 1. The van der Waals surface area contributed by atoms with E-state index in [9.17, 15) is 80.8 Å². The van der Waals surface area contributed by atoms with Gasteiger partial charge in [0.1, 0.15) is 79.4 Å². The highest BCUT2D eigenvalue weighted by atomic mass is 16.8. The molecule has 0 radical (unpaired) electrons. The van der Waals surface area contributed by atoms with Crippen molar-refractivity contribution in [2.45, 2.75) is 224 Å². The highest BCUT2D eigenvalue weighted by Crippen LogP contribution is 2.76. The van der Waals surface area contributed by atoms with Gasteiger partial charge in [0.2, 0.25) is 0 Å². The van der Waals surface area contributed by atoms with Crippen molar-refractivity contribution in [2.75, 3.05) is 26.4 Å². The highest BCUT2D eigenvalue weighted by Gasteiger charge is 2.74. The zero-order valence-corrected chi connectivity index (χ0v) is 46.4. The second-order valence-electron chi connectivity index (χ2n) is 25.5. The van der Waals surface area contributed by atoms with Crippen LogP contribution >= 0.6 is 0 Å². The van der Waals surface area contributed by atoms with Crippen LogP contribution in [0, 0.1) is 50.2 Å². The van der Waals surface area contributed by atoms with Gasteiger partial charge in [-0.2, -0.15) is 0 Å². The summed E-state index contributed by atoms with van der Waals surface area (Å²) in [6.07, 6.45) is -26.5. The maximum atomic E-state index is 13.4. The maximum Gasteiger partial charge on any atom is 0.335 e. The first kappa shape index (κ1) is 62.2. The smallest absolute Gasteiger partial charge is 0.335 e. The van der Waals surface area contributed by atoms with Gasteiger partial charge < -0.3 is 104 Å². The van der Waals surface area contributed by atoms with Gasteiger partial charge in [-0.05, 0) is 92.8 Å². The summed E-state index contributed by atoms with van der Waals surface area (Å²) in [5.41, 5.74) is -3.78. The van der Waals surface area contributed by atoms with Crippen LogP contribution in [0.1, 0.15) is 107 Å². The van der Waals surface area contributed by atoms with E-state index in [4.69, 9.17) is 37.9 Å². The summed E-state index contributed by atoms with van der Waals surface area (Å²) < 4.78 is 48.2. The molecule has 5 aliphatic carbocycles. The SMILES string of the molecule is C/C=C(/C)C(=O)O[C@H]1[C@H](OC(C)=O)[C@]2(CO)[C@H](O)C[C@]3(C)C(=CC[C@@H]4[C@@]5(C)CC[C@H](O[C@@H]6O[C@H](C(=O)O)[C@@H](O[C@@H]7O[C@H](CO)[C@@H](O)[C@H](O)[C@H]7O)[C@H](O)[C@H]6O[C@@H]6O[C@H](CO)[C@@H](O)[C@H](O)[C@H]6O)[C@](C)(CO)[C@@H]5CC[C@]43C)[C@@H]2CC1(C)C. The lowest BCUT2D eigenvalue weighted by Gasteiger charge is -2.72. The van der Waals surface area contributed by atoms with Crippen LogP contribution in [-0.4, -0.2) is 227 Å². The molecule has 0 aromatic heterocycles. The second-order valence-corrected chi connectivity index (χ2v) is 25.5. The molecule has 0 bridgehead atoms. The number of aliphatic hydroxyl groups is 12. The van der Waals surface area contributed by atoms with E-state index in [1.165, 1.54) is 6.92 Å². The van der Waals surface area contributed by atoms with Crippen LogP contribution in [0.15, 0.2) is 23.3 Å². The summed E-state index contributed by atoms with van der Waals surface area (Å²) in [7, 11) is 0. The molecule has 0 unspecified atom stereocenters. The normalized spacial score (nSPS) is 50.6. The first-order valence-corrected chi connectivity index (χ1v) is 27.7. The Morgan fingerprint density at radius 2 is 1.24 bits per heavy atom. The largest absolute Gasteiger partial charge is 0.479 e. The van der Waals surface area contributed by atoms with E-state index in [1.807, 2.05) is 20.8 Å². The number of carboxylic acids is 1. The molecule has 0 aromatic carbocycles. The fraction of sp³-hybridized carbons (Fsp3) is 0.873. The van der Waals surface area contributed by atoms with E-state index in [-0.39, 0.29) is 24.7 Å². The van der Waals surface area contributed by atoms with Gasteiger partial charge in [-0.1, -0.05) is 59.3 Å². The maximum absolute atomic E-state index is 13.4. The highest BCUT2D eigenvalue weighted by molar-refractivity contribution is 5.87. The lowest BCUT2D eigenvalue weighted by molar-refractivity contribution is -0.392. The van der Waals surface area contributed by atoms with E-state index in [0.29, 0.717) is 37.7 Å². The average Bonchev–Trinajstić information content (AvgIpc) is 3.29. The number of hydrogen-bond donors (Lipinski definition) is 13. The third-order valence-electron chi connectivity index (χ3n) is 21.1. The zero-order chi connectivity index (χ0) is 58.4. The van der Waals surface area contributed by atoms with Crippen LogP contribution in [0.5, 0.6) is 0 Å². The van der Waals surface area contributed by atoms with Crippen molar-refractivity contribution in [1.29, 1.82) is 0 Å². The van der Waals surface area contributed by atoms with Gasteiger partial charge in [0.05, 0.1) is 44.1 Å². The number of esters is 2. The lowest BCUT2D eigenvalue weighted by atomic mass is 9.33. The summed E-state index contributed by atoms with van der Waals surface area (Å²) in [4.78, 5) is 39.5. The minimum atomic E-state index is -2.18. The van der Waals surface area contributed by atoms with E-state index < -0.39 is 199 Å². The minimum absolute atomic E-state index is 0.0849. The molecule has 8 rings (SSSR count). The molecule has 3 saturated heterocycles. The van der Waals surface area contributed by atoms with E-state index in [1.54, 1.807) is 19.9 Å². The van der Waals surface area contributed by atoms with Crippen molar-refractivity contribution < 1.29 is 119 Å². The predicted molar refractivity (Wildman–Crippen MR) is 269 cm³/mol. The summed E-state index contributed by atoms with van der Waals surface area (Å²) in [6.45, 7) is 14.1. The Morgan fingerprint density at radius 1 is 0.658 bits per heavy atom. The molecule has 8 aliphatic rings. The van der Waals surface area contributed by atoms with Crippen molar-refractivity contribution in [2.24, 2.45) is 50.2 Å². The molecular weight excluding hydrogens is 1040 g/mol. The monoisotopic (exact) mass is 1130 g/mol. The Balaban J connectivity index is 1.12. The molecule has 450 valence electrons. The molecule has 3 heterocycles. The number of fused-ring (bicyclic) bond motifs is 7. The van der Waals surface area contributed by atoms with Gasteiger partial charge >= 0.3 is 17.9 Å². The van der Waals surface area contributed by atoms with Crippen molar-refractivity contribution in [3.63, 3.8) is 0 Å². The third kappa shape index (κ3) is 9.94. The number of aliphatic carboxylic acids is 1. The molecule has 0 spiro atoms. The van der Waals surface area contributed by atoms with E-state index in [2.05, 4.69) is 26.8 Å². The van der Waals surface area contributed by atoms with E-state index in [0.717, 1.165) is 5.57 Å². The quantitative estimate of drug-likeness (QED) is 0.0415. The van der Waals surface area contributed by atoms with Crippen LogP contribution in [0.25, 0.3) is 0 Å². The molecule has 13 N–H and O–H groups in total. The molecule has 79 heavy (non-hydrogen) atoms. The van der Waals surface area contributed by atoms with Crippen LogP contribution < -0.4 is 0 Å². The number of rotatable bonds is 14. The fourth-order valence-corrected chi connectivity index (χ4v) is 16.2. The molecule has 24 heteroatoms. The first-order valence-electron chi connectivity index (χ1n) is 27.7. The Hall–Kier alpha value is -2.83. The first-order chi connectivity index (χ1) is 36.9. The average molecular weight is 1130 g/mol. The van der Waals surface area contributed by atoms with Crippen LogP contribution in [-0.2, 0) is 52.3 Å². The van der Waals surface area contributed by atoms with Crippen molar-refractivity contribution in [1.82, 2.24) is 0 Å². The van der Waals surface area contributed by atoms with Crippen molar-refractivity contribution in [3.8, 4) is 0 Å². The van der Waals surface area contributed by atoms with Gasteiger partial charge in [0.25, 0.3) is 0 Å². The standard InChI is InChI=1S/C55H86O24/c1-10-23(2)46(71)79-43-44(72-24(3)60)55(22-59)26(17-50(43,4)5)25-11-12-30-51(6)15-14-32(52(7,21-58)29(51)13-16-53(30,8)54(25,9)18-31(55)61)75-49-41(77-48-38(67)36(65)34(63)28(20-57)74-48)39(68)40(42(78-49)45(69)70)76-47-37(66)35(64)33(62)27(19-56)73-47/h10-11,26-44,47-49,56-59,61-68H,12-22H2,1-9H3,(H,69,70)/b23-10-/t26-,27+,28+,29+,30+,31+,32-,33+,34+,35-,36-,37+,38+,39-,40-,41+,42-,43-,44-,47-,48-,49+,51-,52+,53+,54+,55-/m0/s1. The summed E-state index contributed by atoms with van der Waals surface area (Å²) in [6, 6.07) is 0. The Kier molecular flexibility index (Phi) is 17.8.